The number of nitrogens with zero attached hydrogens (tertiary/aromatic N) is 2. The van der Waals surface area contributed by atoms with Gasteiger partial charge in [0.2, 0.25) is 0 Å². The number of aromatic nitrogens is 2. The third kappa shape index (κ3) is 3.48. The summed E-state index contributed by atoms with van der Waals surface area (Å²) in [5.74, 6) is 0. The van der Waals surface area contributed by atoms with E-state index < -0.39 is 0 Å². The fourth-order valence-electron chi connectivity index (χ4n) is 7.07. The van der Waals surface area contributed by atoms with E-state index in [9.17, 15) is 0 Å². The summed E-state index contributed by atoms with van der Waals surface area (Å²) < 4.78 is 12.9. The molecule has 4 heteroatoms. The normalized spacial score (nSPS) is 12.1. The molecule has 0 radical (unpaired) electrons. The maximum Gasteiger partial charge on any atom is 0.143 e. The Morgan fingerprint density at radius 3 is 1.84 bits per heavy atom. The number of hydrogen-bond acceptors (Lipinski definition) is 4. The predicted molar refractivity (Wildman–Crippen MR) is 185 cm³/mol. The van der Waals surface area contributed by atoms with E-state index in [1.807, 2.05) is 12.3 Å². The molecule has 45 heavy (non-hydrogen) atoms. The average Bonchev–Trinajstić information content (AvgIpc) is 3.65. The Hall–Kier alpha value is -6.00. The summed E-state index contributed by atoms with van der Waals surface area (Å²) in [4.78, 5) is 10.2. The van der Waals surface area contributed by atoms with E-state index in [4.69, 9.17) is 18.8 Å². The largest absolute Gasteiger partial charge is 0.456 e. The van der Waals surface area contributed by atoms with Crippen LogP contribution in [0.2, 0.25) is 0 Å². The molecule has 0 aliphatic carbocycles. The summed E-state index contributed by atoms with van der Waals surface area (Å²) in [6.45, 7) is 2.08. The number of para-hydroxylation sites is 2. The SMILES string of the molecule is Cc1cccc2c1oc1cc3oc4c(-c5cccc(-c6cnc7c8ccccc8c8ccccc8c7n6)c5)cccc4c3cc12. The summed E-state index contributed by atoms with van der Waals surface area (Å²) in [6, 6.07) is 42.3. The van der Waals surface area contributed by atoms with Crippen molar-refractivity contribution in [3.05, 3.63) is 133 Å². The number of furan rings is 2. The van der Waals surface area contributed by atoms with Crippen LogP contribution < -0.4 is 0 Å². The van der Waals surface area contributed by atoms with Gasteiger partial charge in [0, 0.05) is 49.5 Å². The van der Waals surface area contributed by atoms with Gasteiger partial charge in [-0.05, 0) is 41.0 Å². The topological polar surface area (TPSA) is 52.1 Å². The lowest BCUT2D eigenvalue weighted by Gasteiger charge is -2.11. The van der Waals surface area contributed by atoms with Gasteiger partial charge in [0.15, 0.2) is 0 Å². The molecular weight excluding hydrogens is 552 g/mol. The monoisotopic (exact) mass is 576 g/mol. The lowest BCUT2D eigenvalue weighted by molar-refractivity contribution is 0.655. The van der Waals surface area contributed by atoms with E-state index in [0.29, 0.717) is 0 Å². The number of aryl methyl sites for hydroxylation is 1. The number of hydrogen-bond donors (Lipinski definition) is 0. The van der Waals surface area contributed by atoms with Crippen LogP contribution in [0, 0.1) is 6.92 Å². The molecule has 7 aromatic carbocycles. The second-order valence-electron chi connectivity index (χ2n) is 11.8. The van der Waals surface area contributed by atoms with Crippen LogP contribution in [0.3, 0.4) is 0 Å². The fourth-order valence-corrected chi connectivity index (χ4v) is 7.07. The van der Waals surface area contributed by atoms with Crippen molar-refractivity contribution in [3.8, 4) is 22.4 Å². The first kappa shape index (κ1) is 24.4. The molecule has 0 atom stereocenters. The van der Waals surface area contributed by atoms with E-state index in [0.717, 1.165) is 93.6 Å². The maximum atomic E-state index is 6.58. The molecule has 0 fully saturated rings. The van der Waals surface area contributed by atoms with Crippen LogP contribution in [0.25, 0.3) is 98.8 Å². The first-order chi connectivity index (χ1) is 22.2. The Kier molecular flexibility index (Phi) is 4.89. The second kappa shape index (κ2) is 9.01. The minimum Gasteiger partial charge on any atom is -0.456 e. The van der Waals surface area contributed by atoms with Gasteiger partial charge in [-0.25, -0.2) is 4.98 Å². The molecule has 0 N–H and O–H groups in total. The molecular formula is C41H24N2O2. The molecule has 10 aromatic rings. The highest BCUT2D eigenvalue weighted by molar-refractivity contribution is 6.23. The van der Waals surface area contributed by atoms with Gasteiger partial charge in [-0.2, -0.15) is 0 Å². The smallest absolute Gasteiger partial charge is 0.143 e. The first-order valence-corrected chi connectivity index (χ1v) is 15.2. The summed E-state index contributed by atoms with van der Waals surface area (Å²) in [6.07, 6.45) is 1.89. The molecule has 3 heterocycles. The molecule has 4 nitrogen and oxygen atoms in total. The van der Waals surface area contributed by atoms with Crippen LogP contribution in [0.5, 0.6) is 0 Å². The molecule has 0 aliphatic rings. The zero-order valence-electron chi connectivity index (χ0n) is 24.3. The molecule has 0 bridgehead atoms. The van der Waals surface area contributed by atoms with Crippen molar-refractivity contribution in [2.45, 2.75) is 6.92 Å². The van der Waals surface area contributed by atoms with Gasteiger partial charge in [-0.15, -0.1) is 0 Å². The van der Waals surface area contributed by atoms with E-state index in [1.165, 1.54) is 10.8 Å². The molecule has 0 amide bonds. The highest BCUT2D eigenvalue weighted by atomic mass is 16.3. The highest BCUT2D eigenvalue weighted by Crippen LogP contribution is 2.41. The quantitative estimate of drug-likeness (QED) is 0.192. The summed E-state index contributed by atoms with van der Waals surface area (Å²) in [7, 11) is 0. The van der Waals surface area contributed by atoms with Crippen LogP contribution in [0.4, 0.5) is 0 Å². The van der Waals surface area contributed by atoms with Gasteiger partial charge >= 0.3 is 0 Å². The highest BCUT2D eigenvalue weighted by Gasteiger charge is 2.17. The third-order valence-corrected chi connectivity index (χ3v) is 9.21. The molecule has 3 aromatic heterocycles. The summed E-state index contributed by atoms with van der Waals surface area (Å²) in [5.41, 5.74) is 10.4. The molecule has 0 saturated carbocycles. The first-order valence-electron chi connectivity index (χ1n) is 15.2. The van der Waals surface area contributed by atoms with Gasteiger partial charge in [-0.1, -0.05) is 103 Å². The van der Waals surface area contributed by atoms with Gasteiger partial charge in [0.25, 0.3) is 0 Å². The Balaban J connectivity index is 1.15. The van der Waals surface area contributed by atoms with E-state index >= 15 is 0 Å². The Morgan fingerprint density at radius 2 is 1.07 bits per heavy atom. The second-order valence-corrected chi connectivity index (χ2v) is 11.8. The lowest BCUT2D eigenvalue weighted by Crippen LogP contribution is -1.92. The van der Waals surface area contributed by atoms with Crippen molar-refractivity contribution in [1.29, 1.82) is 0 Å². The van der Waals surface area contributed by atoms with Gasteiger partial charge < -0.3 is 8.83 Å². The maximum absolute atomic E-state index is 6.58. The Bertz CT molecular complexity index is 2800. The third-order valence-electron chi connectivity index (χ3n) is 9.21. The van der Waals surface area contributed by atoms with Gasteiger partial charge in [0.05, 0.1) is 22.9 Å². The summed E-state index contributed by atoms with van der Waals surface area (Å²) >= 11 is 0. The van der Waals surface area contributed by atoms with Crippen molar-refractivity contribution in [2.24, 2.45) is 0 Å². The average molecular weight is 577 g/mol. The van der Waals surface area contributed by atoms with Gasteiger partial charge in [0.1, 0.15) is 22.3 Å². The summed E-state index contributed by atoms with van der Waals surface area (Å²) in [5, 5.41) is 9.00. The number of fused-ring (bicyclic) bond motifs is 12. The van der Waals surface area contributed by atoms with Crippen LogP contribution in [-0.2, 0) is 0 Å². The van der Waals surface area contributed by atoms with E-state index in [2.05, 4.69) is 122 Å². The van der Waals surface area contributed by atoms with Crippen LogP contribution in [0.1, 0.15) is 5.56 Å². The number of rotatable bonds is 2. The standard InChI is InChI=1S/C41H24N2O2/c1-23-9-6-17-31-33-20-34-32-18-8-16-26(41(32)45-37(34)21-36(33)44-40(23)31)24-10-7-11-25(19-24)35-22-42-38-29-14-4-2-12-27(29)28-13-3-5-15-30(28)39(38)43-35/h2-22H,1H3. The van der Waals surface area contributed by atoms with Crippen molar-refractivity contribution in [2.75, 3.05) is 0 Å². The van der Waals surface area contributed by atoms with Crippen molar-refractivity contribution in [1.82, 2.24) is 9.97 Å². The van der Waals surface area contributed by atoms with Crippen molar-refractivity contribution >= 4 is 76.5 Å². The molecule has 0 aliphatic heterocycles. The van der Waals surface area contributed by atoms with E-state index in [-0.39, 0.29) is 0 Å². The van der Waals surface area contributed by atoms with Crippen LogP contribution in [0.15, 0.2) is 136 Å². The van der Waals surface area contributed by atoms with Gasteiger partial charge in [-0.3, -0.25) is 4.98 Å². The van der Waals surface area contributed by atoms with Crippen molar-refractivity contribution in [3.63, 3.8) is 0 Å². The van der Waals surface area contributed by atoms with Crippen molar-refractivity contribution < 1.29 is 8.83 Å². The van der Waals surface area contributed by atoms with E-state index in [1.54, 1.807) is 0 Å². The number of benzene rings is 7. The zero-order valence-corrected chi connectivity index (χ0v) is 24.3. The minimum atomic E-state index is 0.817. The zero-order chi connectivity index (χ0) is 29.6. The molecule has 0 saturated heterocycles. The Labute approximate surface area is 257 Å². The van der Waals surface area contributed by atoms with Crippen LogP contribution in [-0.4, -0.2) is 9.97 Å². The minimum absolute atomic E-state index is 0.817. The Morgan fingerprint density at radius 1 is 0.467 bits per heavy atom. The molecule has 210 valence electrons. The predicted octanol–water partition coefficient (Wildman–Crippen LogP) is 11.4. The fraction of sp³-hybridized carbons (Fsp3) is 0.0244. The molecule has 0 spiro atoms. The molecule has 0 unspecified atom stereocenters. The van der Waals surface area contributed by atoms with Crippen LogP contribution >= 0.6 is 0 Å². The lowest BCUT2D eigenvalue weighted by atomic mass is 9.98. The molecule has 10 rings (SSSR count).